The van der Waals surface area contributed by atoms with Crippen LogP contribution in [0, 0.1) is 11.6 Å². The van der Waals surface area contributed by atoms with Gasteiger partial charge in [-0.15, -0.1) is 11.8 Å². The molecule has 222 valence electrons. The number of ether oxygens (including phenoxy) is 2. The van der Waals surface area contributed by atoms with Gasteiger partial charge in [-0.05, 0) is 42.5 Å². The molecule has 10 heteroatoms. The van der Waals surface area contributed by atoms with E-state index in [4.69, 9.17) is 9.47 Å². The highest BCUT2D eigenvalue weighted by molar-refractivity contribution is 7.98. The van der Waals surface area contributed by atoms with Crippen LogP contribution in [-0.4, -0.2) is 51.9 Å². The van der Waals surface area contributed by atoms with E-state index < -0.39 is 23.8 Å². The fourth-order valence-electron chi connectivity index (χ4n) is 6.16. The zero-order valence-electron chi connectivity index (χ0n) is 23.4. The number of halogens is 2. The number of nitrogens with zero attached hydrogens (tertiary/aromatic N) is 3. The second-order valence-corrected chi connectivity index (χ2v) is 12.0. The van der Waals surface area contributed by atoms with E-state index in [0.29, 0.717) is 30.9 Å². The summed E-state index contributed by atoms with van der Waals surface area (Å²) in [5.74, 6) is -1.42. The van der Waals surface area contributed by atoms with Crippen LogP contribution in [0.4, 0.5) is 8.78 Å². The molecule has 3 atom stereocenters. The molecular weight excluding hydrogens is 572 g/mol. The van der Waals surface area contributed by atoms with Gasteiger partial charge in [-0.2, -0.15) is 5.01 Å². The standard InChI is InChI=1S/C33H31F2N3O4S/c34-24-17-26-28-23(29(24)35)19-43-27-12-6-5-11-22(27)30(28)38-20-36(14-7-2-8-16-41-26)33(40)31-32(25(39)13-15-37(31)38)42-18-21-9-3-1-4-10-21/h1,3-6,9-13,15,17,25,30,39H,2,7-8,14,16,18-20H2/t25?,30-/m1/s1. The molecular formula is C33H31F2N3O4S. The summed E-state index contributed by atoms with van der Waals surface area (Å²) in [5, 5.41) is 14.8. The molecule has 1 saturated heterocycles. The smallest absolute Gasteiger partial charge is 0.276 e. The van der Waals surface area contributed by atoms with Gasteiger partial charge in [0.25, 0.3) is 5.91 Å². The van der Waals surface area contributed by atoms with Gasteiger partial charge in [-0.3, -0.25) is 9.80 Å². The number of hydrogen-bond acceptors (Lipinski definition) is 7. The molecule has 7 nitrogen and oxygen atoms in total. The normalized spacial score (nSPS) is 23.2. The van der Waals surface area contributed by atoms with E-state index in [1.165, 1.54) is 11.8 Å². The van der Waals surface area contributed by atoms with Gasteiger partial charge in [-0.1, -0.05) is 48.5 Å². The summed E-state index contributed by atoms with van der Waals surface area (Å²) in [6.45, 7) is 1.20. The first-order valence-corrected chi connectivity index (χ1v) is 15.5. The average Bonchev–Trinajstić information content (AvgIpc) is 3.19. The number of fused-ring (bicyclic) bond motifs is 7. The molecule has 1 amide bonds. The molecule has 2 unspecified atom stereocenters. The highest BCUT2D eigenvalue weighted by Crippen LogP contribution is 2.49. The molecule has 0 aliphatic carbocycles. The Morgan fingerprint density at radius 2 is 1.86 bits per heavy atom. The molecule has 0 spiro atoms. The number of aliphatic hydroxyl groups excluding tert-OH is 1. The van der Waals surface area contributed by atoms with Crippen molar-refractivity contribution in [1.82, 2.24) is 14.9 Å². The van der Waals surface area contributed by atoms with Crippen molar-refractivity contribution in [3.05, 3.63) is 118 Å². The SMILES string of the molecule is O=C1C2=C(OCc3ccccc3)C(O)C=CN2N2CN1CCCCCOc1cc(F)c(F)c3c1[C@H]2c1ccccc1SC3. The first-order chi connectivity index (χ1) is 21.0. The van der Waals surface area contributed by atoms with Crippen molar-refractivity contribution in [2.24, 2.45) is 0 Å². The van der Waals surface area contributed by atoms with Crippen molar-refractivity contribution in [2.75, 3.05) is 19.8 Å². The Morgan fingerprint density at radius 1 is 1.05 bits per heavy atom. The van der Waals surface area contributed by atoms with E-state index in [-0.39, 0.29) is 42.0 Å². The molecule has 43 heavy (non-hydrogen) atoms. The molecule has 0 aromatic heterocycles. The van der Waals surface area contributed by atoms with Gasteiger partial charge in [0.1, 0.15) is 18.5 Å². The molecule has 3 aromatic carbocycles. The molecule has 1 N–H and O–H groups in total. The summed E-state index contributed by atoms with van der Waals surface area (Å²) in [6, 6.07) is 17.9. The lowest BCUT2D eigenvalue weighted by Crippen LogP contribution is -2.59. The molecule has 0 saturated carbocycles. The van der Waals surface area contributed by atoms with Crippen LogP contribution >= 0.6 is 11.8 Å². The van der Waals surface area contributed by atoms with Gasteiger partial charge in [0.15, 0.2) is 23.1 Å². The number of aliphatic hydroxyl groups is 1. The average molecular weight is 604 g/mol. The minimum atomic E-state index is -1.13. The molecule has 1 fully saturated rings. The van der Waals surface area contributed by atoms with Crippen molar-refractivity contribution in [2.45, 2.75) is 48.7 Å². The van der Waals surface area contributed by atoms with Gasteiger partial charge in [-0.25, -0.2) is 8.78 Å². The Kier molecular flexibility index (Phi) is 7.58. The van der Waals surface area contributed by atoms with Crippen LogP contribution in [0.2, 0.25) is 0 Å². The van der Waals surface area contributed by atoms with E-state index in [0.717, 1.165) is 34.9 Å². The molecule has 7 rings (SSSR count). The highest BCUT2D eigenvalue weighted by atomic mass is 32.2. The van der Waals surface area contributed by atoms with Crippen molar-refractivity contribution in [3.63, 3.8) is 0 Å². The minimum Gasteiger partial charge on any atom is -0.493 e. The van der Waals surface area contributed by atoms with Gasteiger partial charge < -0.3 is 19.5 Å². The topological polar surface area (TPSA) is 65.5 Å². The number of hydrogen-bond donors (Lipinski definition) is 1. The number of hydrazine groups is 1. The van der Waals surface area contributed by atoms with Crippen molar-refractivity contribution in [3.8, 4) is 5.75 Å². The number of amides is 1. The van der Waals surface area contributed by atoms with E-state index >= 15 is 8.78 Å². The van der Waals surface area contributed by atoms with Gasteiger partial charge in [0, 0.05) is 40.6 Å². The Labute approximate surface area is 253 Å². The molecule has 4 aliphatic heterocycles. The number of thioether (sulfide) groups is 1. The third-order valence-corrected chi connectivity index (χ3v) is 9.39. The molecule has 3 aromatic rings. The fraction of sp³-hybridized carbons (Fsp3) is 0.303. The Morgan fingerprint density at radius 3 is 2.72 bits per heavy atom. The maximum absolute atomic E-state index is 15.6. The van der Waals surface area contributed by atoms with Gasteiger partial charge in [0.2, 0.25) is 0 Å². The Bertz CT molecular complexity index is 1620. The largest absolute Gasteiger partial charge is 0.493 e. The Balaban J connectivity index is 1.42. The van der Waals surface area contributed by atoms with Crippen LogP contribution in [0.3, 0.4) is 0 Å². The van der Waals surface area contributed by atoms with Crippen LogP contribution in [0.5, 0.6) is 5.75 Å². The summed E-state index contributed by atoms with van der Waals surface area (Å²) in [5.41, 5.74) is 2.77. The van der Waals surface area contributed by atoms with Crippen molar-refractivity contribution in [1.29, 1.82) is 0 Å². The summed E-state index contributed by atoms with van der Waals surface area (Å²) < 4.78 is 43.0. The van der Waals surface area contributed by atoms with Crippen LogP contribution in [0.1, 0.15) is 47.6 Å². The van der Waals surface area contributed by atoms with Crippen LogP contribution in [0.15, 0.2) is 89.3 Å². The van der Waals surface area contributed by atoms with Crippen LogP contribution < -0.4 is 4.74 Å². The van der Waals surface area contributed by atoms with E-state index in [9.17, 15) is 9.90 Å². The molecule has 4 heterocycles. The predicted molar refractivity (Wildman–Crippen MR) is 157 cm³/mol. The number of carbonyl (C=O) groups excluding carboxylic acids is 1. The fourth-order valence-corrected chi connectivity index (χ4v) is 7.27. The molecule has 2 bridgehead atoms. The summed E-state index contributed by atoms with van der Waals surface area (Å²) in [4.78, 5) is 16.8. The lowest BCUT2D eigenvalue weighted by molar-refractivity contribution is -0.150. The quantitative estimate of drug-likeness (QED) is 0.403. The first kappa shape index (κ1) is 27.9. The van der Waals surface area contributed by atoms with Crippen molar-refractivity contribution >= 4 is 17.7 Å². The summed E-state index contributed by atoms with van der Waals surface area (Å²) in [6.07, 6.45) is 4.34. The lowest BCUT2D eigenvalue weighted by atomic mass is 9.92. The van der Waals surface area contributed by atoms with Gasteiger partial charge in [0.05, 0.1) is 19.3 Å². The predicted octanol–water partition coefficient (Wildman–Crippen LogP) is 5.86. The van der Waals surface area contributed by atoms with Crippen LogP contribution in [0.25, 0.3) is 0 Å². The van der Waals surface area contributed by atoms with E-state index in [2.05, 4.69) is 0 Å². The third kappa shape index (κ3) is 5.07. The zero-order valence-corrected chi connectivity index (χ0v) is 24.2. The monoisotopic (exact) mass is 603 g/mol. The third-order valence-electron chi connectivity index (χ3n) is 8.27. The zero-order chi connectivity index (χ0) is 29.5. The number of carbonyl (C=O) groups is 1. The van der Waals surface area contributed by atoms with E-state index in [1.54, 1.807) is 22.2 Å². The summed E-state index contributed by atoms with van der Waals surface area (Å²) in [7, 11) is 0. The minimum absolute atomic E-state index is 0.149. The second kappa shape index (κ2) is 11.7. The summed E-state index contributed by atoms with van der Waals surface area (Å²) >= 11 is 1.45. The van der Waals surface area contributed by atoms with E-state index in [1.807, 2.05) is 59.6 Å². The maximum Gasteiger partial charge on any atom is 0.276 e. The Hall–Kier alpha value is -3.86. The first-order valence-electron chi connectivity index (χ1n) is 14.5. The number of rotatable bonds is 3. The van der Waals surface area contributed by atoms with Crippen molar-refractivity contribution < 1.29 is 28.2 Å². The highest BCUT2D eigenvalue weighted by Gasteiger charge is 2.46. The second-order valence-electron chi connectivity index (χ2n) is 11.0. The number of benzene rings is 3. The lowest BCUT2D eigenvalue weighted by Gasteiger charge is -2.49. The van der Waals surface area contributed by atoms with Crippen LogP contribution in [-0.2, 0) is 21.9 Å². The van der Waals surface area contributed by atoms with Gasteiger partial charge >= 0.3 is 0 Å². The molecule has 0 radical (unpaired) electrons. The molecule has 4 aliphatic rings. The maximum atomic E-state index is 15.6.